The molecule has 0 fully saturated rings. The highest BCUT2D eigenvalue weighted by molar-refractivity contribution is 5.52. The number of aldehydes is 1. The Hall–Kier alpha value is -0.530. The molecule has 0 saturated heterocycles. The molecule has 16 heavy (non-hydrogen) atoms. The summed E-state index contributed by atoms with van der Waals surface area (Å²) in [4.78, 5) is 11.8. The van der Waals surface area contributed by atoms with Gasteiger partial charge >= 0.3 is 0 Å². The van der Waals surface area contributed by atoms with Gasteiger partial charge in [-0.15, -0.1) is 0 Å². The van der Waals surface area contributed by atoms with Crippen LogP contribution in [0.25, 0.3) is 0 Å². The second-order valence-electron chi connectivity index (χ2n) is 3.72. The van der Waals surface area contributed by atoms with Crippen LogP contribution in [0.3, 0.4) is 0 Å². The minimum atomic E-state index is -1.59. The molecule has 0 aromatic heterocycles. The third kappa shape index (κ3) is 6.14. The number of unbranched alkanes of at least 4 members (excludes halogenated alkanes) is 1. The average molecular weight is 235 g/mol. The topological polar surface area (TPSA) is 101 Å². The third-order valence-corrected chi connectivity index (χ3v) is 2.37. The summed E-state index contributed by atoms with van der Waals surface area (Å²) in [5, 5.41) is 36.0. The lowest BCUT2D eigenvalue weighted by atomic mass is 10.1. The Morgan fingerprint density at radius 1 is 1.25 bits per heavy atom. The lowest BCUT2D eigenvalue weighted by Crippen LogP contribution is -2.47. The van der Waals surface area contributed by atoms with Crippen LogP contribution in [0.2, 0.25) is 0 Å². The van der Waals surface area contributed by atoms with Gasteiger partial charge < -0.3 is 25.2 Å². The third-order valence-electron chi connectivity index (χ3n) is 2.37. The lowest BCUT2D eigenvalue weighted by molar-refractivity contribution is -0.132. The van der Waals surface area contributed by atoms with E-state index in [2.05, 4.69) is 0 Å². The van der Waals surface area contributed by atoms with Crippen molar-refractivity contribution in [2.45, 2.75) is 44.8 Å². The van der Waals surface area contributed by atoms with Crippen molar-refractivity contribution < 1.29 is 25.2 Å². The zero-order valence-electron chi connectivity index (χ0n) is 9.49. The van der Waals surface area contributed by atoms with Crippen LogP contribution in [0, 0.1) is 0 Å². The van der Waals surface area contributed by atoms with Gasteiger partial charge in [-0.2, -0.15) is 0 Å². The van der Waals surface area contributed by atoms with E-state index in [1.54, 1.807) is 0 Å². The number of hydrogen-bond acceptors (Lipinski definition) is 6. The van der Waals surface area contributed by atoms with E-state index in [1.807, 2.05) is 6.92 Å². The van der Waals surface area contributed by atoms with Crippen LogP contribution in [0.15, 0.2) is 0 Å². The molecule has 4 N–H and O–H groups in total. The first-order valence-corrected chi connectivity index (χ1v) is 5.42. The molecule has 0 radical (unpaired) electrons. The number of hydrogen-bond donors (Lipinski definition) is 4. The fourth-order valence-corrected chi connectivity index (χ4v) is 1.58. The normalized spacial score (nSPS) is 13.8. The summed E-state index contributed by atoms with van der Waals surface area (Å²) < 4.78 is 0. The highest BCUT2D eigenvalue weighted by Gasteiger charge is 2.25. The predicted octanol–water partition coefficient (Wildman–Crippen LogP) is -1.33. The van der Waals surface area contributed by atoms with E-state index in [4.69, 9.17) is 10.2 Å². The molecule has 0 heterocycles. The summed E-state index contributed by atoms with van der Waals surface area (Å²) in [6, 6.07) is -0.646. The van der Waals surface area contributed by atoms with Crippen molar-refractivity contribution in [1.29, 1.82) is 0 Å². The molecule has 6 nitrogen and oxygen atoms in total. The molecule has 0 bridgehead atoms. The molecule has 6 heteroatoms. The minimum absolute atomic E-state index is 0.0520. The van der Waals surface area contributed by atoms with Crippen molar-refractivity contribution in [2.75, 3.05) is 13.1 Å². The number of aliphatic hydroxyl groups excluding tert-OH is 2. The summed E-state index contributed by atoms with van der Waals surface area (Å²) in [5.74, 6) is 0. The van der Waals surface area contributed by atoms with Gasteiger partial charge in [0.15, 0.2) is 12.6 Å². The van der Waals surface area contributed by atoms with Gasteiger partial charge in [0, 0.05) is 0 Å². The maximum Gasteiger partial charge on any atom is 0.167 e. The molecule has 0 amide bonds. The van der Waals surface area contributed by atoms with E-state index < -0.39 is 18.6 Å². The van der Waals surface area contributed by atoms with Gasteiger partial charge in [0.25, 0.3) is 0 Å². The van der Waals surface area contributed by atoms with Crippen molar-refractivity contribution in [3.8, 4) is 0 Å². The predicted molar refractivity (Wildman–Crippen MR) is 57.4 cm³/mol. The summed E-state index contributed by atoms with van der Waals surface area (Å²) in [7, 11) is 0. The maximum absolute atomic E-state index is 10.4. The molecular formula is C10H21NO5. The van der Waals surface area contributed by atoms with E-state index in [1.165, 1.54) is 4.90 Å². The maximum atomic E-state index is 10.4. The summed E-state index contributed by atoms with van der Waals surface area (Å²) in [6.07, 6.45) is -0.426. The molecule has 0 aliphatic rings. The quantitative estimate of drug-likeness (QED) is 0.292. The van der Waals surface area contributed by atoms with Gasteiger partial charge in [-0.1, -0.05) is 19.8 Å². The van der Waals surface area contributed by atoms with Gasteiger partial charge in [0.2, 0.25) is 0 Å². The van der Waals surface area contributed by atoms with Crippen molar-refractivity contribution in [3.63, 3.8) is 0 Å². The van der Waals surface area contributed by atoms with Crippen LogP contribution in [-0.4, -0.2) is 63.3 Å². The highest BCUT2D eigenvalue weighted by atomic mass is 16.5. The van der Waals surface area contributed by atoms with Crippen LogP contribution >= 0.6 is 0 Å². The number of rotatable bonds is 9. The van der Waals surface area contributed by atoms with Crippen molar-refractivity contribution in [2.24, 2.45) is 0 Å². The fourth-order valence-electron chi connectivity index (χ4n) is 1.58. The molecule has 1 atom stereocenters. The second kappa shape index (κ2) is 8.60. The molecule has 96 valence electrons. The van der Waals surface area contributed by atoms with E-state index in [-0.39, 0.29) is 13.1 Å². The summed E-state index contributed by atoms with van der Waals surface area (Å²) in [6.45, 7) is 1.74. The zero-order valence-corrected chi connectivity index (χ0v) is 9.49. The molecule has 1 unspecified atom stereocenters. The van der Waals surface area contributed by atoms with Crippen molar-refractivity contribution in [3.05, 3.63) is 0 Å². The van der Waals surface area contributed by atoms with Gasteiger partial charge in [-0.3, -0.25) is 4.90 Å². The molecule has 0 rings (SSSR count). The molecular weight excluding hydrogens is 214 g/mol. The number of aliphatic hydroxyl groups is 4. The molecule has 0 aliphatic carbocycles. The zero-order chi connectivity index (χ0) is 12.6. The largest absolute Gasteiger partial charge is 0.367 e. The standard InChI is InChI=1S/C10H21NO5/c1-2-3-4-8(10(15)16)11(5-6-12)7-9(13)14/h6,8-10,13-16H,2-5,7H2,1H3. The van der Waals surface area contributed by atoms with Crippen LogP contribution < -0.4 is 0 Å². The average Bonchev–Trinajstić information content (AvgIpc) is 2.17. The Labute approximate surface area is 95.1 Å². The molecule has 0 saturated carbocycles. The van der Waals surface area contributed by atoms with Crippen LogP contribution in [0.5, 0.6) is 0 Å². The highest BCUT2D eigenvalue weighted by Crippen LogP contribution is 2.12. The Bertz CT molecular complexity index is 186. The first kappa shape index (κ1) is 15.5. The SMILES string of the molecule is CCCCC(C(O)O)N(CC=O)CC(O)O. The van der Waals surface area contributed by atoms with Crippen molar-refractivity contribution >= 4 is 6.29 Å². The summed E-state index contributed by atoms with van der Waals surface area (Å²) >= 11 is 0. The minimum Gasteiger partial charge on any atom is -0.367 e. The van der Waals surface area contributed by atoms with Gasteiger partial charge in [-0.05, 0) is 6.42 Å². The van der Waals surface area contributed by atoms with E-state index in [0.29, 0.717) is 12.7 Å². The fraction of sp³-hybridized carbons (Fsp3) is 0.900. The molecule has 0 aromatic carbocycles. The Kier molecular flexibility index (Phi) is 8.32. The van der Waals surface area contributed by atoms with Crippen LogP contribution in [0.1, 0.15) is 26.2 Å². The van der Waals surface area contributed by atoms with Gasteiger partial charge in [0.05, 0.1) is 19.1 Å². The van der Waals surface area contributed by atoms with E-state index in [0.717, 1.165) is 12.8 Å². The van der Waals surface area contributed by atoms with Crippen molar-refractivity contribution in [1.82, 2.24) is 4.90 Å². The Balaban J connectivity index is 4.44. The monoisotopic (exact) mass is 235 g/mol. The van der Waals surface area contributed by atoms with Gasteiger partial charge in [-0.25, -0.2) is 0 Å². The first-order valence-electron chi connectivity index (χ1n) is 5.42. The van der Waals surface area contributed by atoms with Gasteiger partial charge in [0.1, 0.15) is 6.29 Å². The Morgan fingerprint density at radius 2 is 1.88 bits per heavy atom. The summed E-state index contributed by atoms with van der Waals surface area (Å²) in [5.41, 5.74) is 0. The Morgan fingerprint density at radius 3 is 2.25 bits per heavy atom. The van der Waals surface area contributed by atoms with Crippen LogP contribution in [-0.2, 0) is 4.79 Å². The van der Waals surface area contributed by atoms with E-state index >= 15 is 0 Å². The molecule has 0 spiro atoms. The lowest BCUT2D eigenvalue weighted by Gasteiger charge is -2.31. The number of carbonyl (C=O) groups excluding carboxylic acids is 1. The molecule has 0 aliphatic heterocycles. The van der Waals surface area contributed by atoms with Crippen LogP contribution in [0.4, 0.5) is 0 Å². The molecule has 0 aromatic rings. The number of nitrogens with zero attached hydrogens (tertiary/aromatic N) is 1. The second-order valence-corrected chi connectivity index (χ2v) is 3.72. The number of carbonyl (C=O) groups is 1. The smallest absolute Gasteiger partial charge is 0.167 e. The van der Waals surface area contributed by atoms with E-state index in [9.17, 15) is 15.0 Å². The first-order chi connectivity index (χ1) is 7.52.